The fourth-order valence-electron chi connectivity index (χ4n) is 7.81. The third kappa shape index (κ3) is 6.53. The Morgan fingerprint density at radius 1 is 0.878 bits per heavy atom. The number of likely N-dealkylation sites (N-methyl/N-ethyl adjacent to an activating group) is 1. The Balaban J connectivity index is 1.34. The van der Waals surface area contributed by atoms with Crippen molar-refractivity contribution in [2.75, 3.05) is 42.0 Å². The summed E-state index contributed by atoms with van der Waals surface area (Å²) in [4.78, 5) is 18.0. The maximum absolute atomic E-state index is 13.3. The molecule has 1 fully saturated rings. The molecule has 3 heterocycles. The van der Waals surface area contributed by atoms with Crippen LogP contribution in [0.25, 0.3) is 6.08 Å². The second kappa shape index (κ2) is 13.7. The normalized spacial score (nSPS) is 23.0. The number of hydrogen-bond donors (Lipinski definition) is 1. The fourth-order valence-corrected chi connectivity index (χ4v) is 7.81. The van der Waals surface area contributed by atoms with Crippen LogP contribution < -0.4 is 29.0 Å². The number of carbonyl (C=O) groups excluding carboxylic acids is 1. The number of carbonyl (C=O) groups is 1. The van der Waals surface area contributed by atoms with Crippen LogP contribution in [-0.2, 0) is 17.6 Å². The van der Waals surface area contributed by atoms with E-state index in [2.05, 4.69) is 40.4 Å². The van der Waals surface area contributed by atoms with E-state index in [0.29, 0.717) is 42.4 Å². The number of nitrogens with one attached hydrogen (secondary N) is 1. The maximum atomic E-state index is 13.3. The van der Waals surface area contributed by atoms with Gasteiger partial charge in [0.2, 0.25) is 5.91 Å². The van der Waals surface area contributed by atoms with Crippen molar-refractivity contribution in [3.05, 3.63) is 82.4 Å². The van der Waals surface area contributed by atoms with E-state index < -0.39 is 6.04 Å². The number of methoxy groups -OCH3 is 4. The lowest BCUT2D eigenvalue weighted by molar-refractivity contribution is -0.117. The molecular weight excluding hydrogens is 620 g/mol. The first-order chi connectivity index (χ1) is 23.5. The first kappa shape index (κ1) is 34.2. The monoisotopic (exact) mass is 666 g/mol. The Morgan fingerprint density at radius 2 is 1.43 bits per heavy atom. The maximum Gasteiger partial charge on any atom is 0.244 e. The summed E-state index contributed by atoms with van der Waals surface area (Å²) in [5.74, 6) is 3.17. The molecule has 0 radical (unpaired) electrons. The minimum atomic E-state index is -0.431. The second-order valence-corrected chi connectivity index (χ2v) is 13.9. The van der Waals surface area contributed by atoms with E-state index in [1.807, 2.05) is 57.2 Å². The molecule has 5 atom stereocenters. The quantitative estimate of drug-likeness (QED) is 0.297. The van der Waals surface area contributed by atoms with Gasteiger partial charge in [-0.05, 0) is 111 Å². The van der Waals surface area contributed by atoms with Gasteiger partial charge in [-0.2, -0.15) is 5.26 Å². The molecule has 0 aromatic heterocycles. The lowest BCUT2D eigenvalue weighted by Gasteiger charge is -2.60. The van der Waals surface area contributed by atoms with Gasteiger partial charge in [0.1, 0.15) is 17.4 Å². The molecule has 0 spiro atoms. The van der Waals surface area contributed by atoms with Crippen molar-refractivity contribution < 1.29 is 28.5 Å². The van der Waals surface area contributed by atoms with Crippen LogP contribution in [-0.4, -0.2) is 81.5 Å². The zero-order chi connectivity index (χ0) is 35.0. The topological polar surface area (TPSA) is 106 Å². The third-order valence-corrected chi connectivity index (χ3v) is 9.91. The highest BCUT2D eigenvalue weighted by Crippen LogP contribution is 2.52. The van der Waals surface area contributed by atoms with E-state index in [4.69, 9.17) is 23.7 Å². The van der Waals surface area contributed by atoms with Gasteiger partial charge in [-0.1, -0.05) is 12.1 Å². The minimum absolute atomic E-state index is 0.0252. The number of rotatable bonds is 9. The molecule has 0 saturated carbocycles. The number of fused-ring (bicyclic) bond motifs is 7. The Labute approximate surface area is 289 Å². The van der Waals surface area contributed by atoms with Crippen LogP contribution in [0.4, 0.5) is 0 Å². The number of nitriles is 1. The lowest BCUT2D eigenvalue weighted by Crippen LogP contribution is -2.68. The van der Waals surface area contributed by atoms with Crippen LogP contribution >= 0.6 is 0 Å². The van der Waals surface area contributed by atoms with Crippen molar-refractivity contribution in [1.82, 2.24) is 15.1 Å². The Bertz CT molecular complexity index is 1780. The van der Waals surface area contributed by atoms with Gasteiger partial charge in [0, 0.05) is 24.7 Å². The highest BCUT2D eigenvalue weighted by molar-refractivity contribution is 5.91. The SMILES string of the molecule is COc1cc2c(cc1OC)[C@@H]1[C@@H]3Cc4cc(OC)c(OC)cc4[C@H](CNC(=O)/C=C/c4ccc(OC(C)(C)C)cc4)N3[C@@H](C#N)[C@H](C2)N1C. The summed E-state index contributed by atoms with van der Waals surface area (Å²) in [5, 5.41) is 13.9. The van der Waals surface area contributed by atoms with Crippen molar-refractivity contribution in [2.45, 2.75) is 69.4 Å². The van der Waals surface area contributed by atoms with Gasteiger partial charge in [-0.15, -0.1) is 0 Å². The van der Waals surface area contributed by atoms with E-state index in [0.717, 1.165) is 33.6 Å². The molecule has 258 valence electrons. The summed E-state index contributed by atoms with van der Waals surface area (Å²) in [6, 6.07) is 17.6. The predicted octanol–water partition coefficient (Wildman–Crippen LogP) is 5.50. The minimum Gasteiger partial charge on any atom is -0.493 e. The van der Waals surface area contributed by atoms with Crippen LogP contribution in [0.1, 0.15) is 60.7 Å². The summed E-state index contributed by atoms with van der Waals surface area (Å²) >= 11 is 0. The van der Waals surface area contributed by atoms with E-state index in [-0.39, 0.29) is 35.7 Å². The van der Waals surface area contributed by atoms with Crippen LogP contribution in [0, 0.1) is 11.3 Å². The molecule has 10 heteroatoms. The number of benzene rings is 3. The molecule has 6 rings (SSSR count). The first-order valence-corrected chi connectivity index (χ1v) is 16.6. The largest absolute Gasteiger partial charge is 0.493 e. The van der Waals surface area contributed by atoms with Gasteiger partial charge in [-0.25, -0.2) is 0 Å². The van der Waals surface area contributed by atoms with Gasteiger partial charge in [-0.3, -0.25) is 14.6 Å². The third-order valence-electron chi connectivity index (χ3n) is 9.91. The van der Waals surface area contributed by atoms with Crippen LogP contribution in [0.5, 0.6) is 28.7 Å². The molecule has 2 bridgehead atoms. The van der Waals surface area contributed by atoms with Gasteiger partial charge < -0.3 is 29.0 Å². The first-order valence-electron chi connectivity index (χ1n) is 16.6. The molecule has 49 heavy (non-hydrogen) atoms. The average molecular weight is 667 g/mol. The van der Waals surface area contributed by atoms with Crippen molar-refractivity contribution in [2.24, 2.45) is 0 Å². The predicted molar refractivity (Wildman–Crippen MR) is 187 cm³/mol. The number of amides is 1. The van der Waals surface area contributed by atoms with Crippen molar-refractivity contribution in [1.29, 1.82) is 5.26 Å². The Kier molecular flexibility index (Phi) is 9.52. The van der Waals surface area contributed by atoms with Crippen molar-refractivity contribution >= 4 is 12.0 Å². The summed E-state index contributed by atoms with van der Waals surface area (Å²) in [7, 11) is 8.67. The molecule has 0 unspecified atom stereocenters. The zero-order valence-corrected chi connectivity index (χ0v) is 29.6. The Hall–Kier alpha value is -4.72. The van der Waals surface area contributed by atoms with E-state index in [9.17, 15) is 10.1 Å². The Morgan fingerprint density at radius 3 is 2.00 bits per heavy atom. The summed E-state index contributed by atoms with van der Waals surface area (Å²) in [5.41, 5.74) is 5.04. The zero-order valence-electron chi connectivity index (χ0n) is 29.6. The number of ether oxygens (including phenoxy) is 5. The molecule has 3 aromatic carbocycles. The number of nitrogens with zero attached hydrogens (tertiary/aromatic N) is 3. The van der Waals surface area contributed by atoms with Gasteiger partial charge >= 0.3 is 0 Å². The van der Waals surface area contributed by atoms with Crippen LogP contribution in [0.3, 0.4) is 0 Å². The van der Waals surface area contributed by atoms with Gasteiger partial charge in [0.25, 0.3) is 0 Å². The van der Waals surface area contributed by atoms with Crippen molar-refractivity contribution in [3.63, 3.8) is 0 Å². The summed E-state index contributed by atoms with van der Waals surface area (Å²) < 4.78 is 28.7. The van der Waals surface area contributed by atoms with E-state index in [1.165, 1.54) is 0 Å². The second-order valence-electron chi connectivity index (χ2n) is 13.9. The summed E-state index contributed by atoms with van der Waals surface area (Å²) in [6.07, 6.45) is 4.71. The number of piperazine rings is 1. The highest BCUT2D eigenvalue weighted by Gasteiger charge is 2.54. The molecule has 10 nitrogen and oxygen atoms in total. The molecule has 0 aliphatic carbocycles. The molecule has 3 aromatic rings. The van der Waals surface area contributed by atoms with E-state index >= 15 is 0 Å². The van der Waals surface area contributed by atoms with Gasteiger partial charge in [0.15, 0.2) is 23.0 Å². The lowest BCUT2D eigenvalue weighted by atomic mass is 9.72. The average Bonchev–Trinajstić information content (AvgIpc) is 3.08. The summed E-state index contributed by atoms with van der Waals surface area (Å²) in [6.45, 7) is 6.32. The molecule has 3 aliphatic rings. The molecule has 1 amide bonds. The van der Waals surface area contributed by atoms with Crippen LogP contribution in [0.2, 0.25) is 0 Å². The molecule has 1 N–H and O–H groups in total. The highest BCUT2D eigenvalue weighted by atomic mass is 16.5. The van der Waals surface area contributed by atoms with Crippen LogP contribution in [0.15, 0.2) is 54.6 Å². The van der Waals surface area contributed by atoms with E-state index in [1.54, 1.807) is 40.6 Å². The number of hydrogen-bond acceptors (Lipinski definition) is 9. The van der Waals surface area contributed by atoms with Crippen molar-refractivity contribution in [3.8, 4) is 34.8 Å². The molecular formula is C39H46N4O6. The van der Waals surface area contributed by atoms with Gasteiger partial charge in [0.05, 0.1) is 46.6 Å². The standard InChI is InChI=1S/C39H46N4O6/c1-39(2,3)49-26-12-9-23(10-13-26)11-14-37(44)41-22-32-27-19-35(47-7)33(45-5)17-24(27)16-30-38-28-20-36(48-8)34(46-6)18-25(28)15-29(42(38)4)31(21-40)43(30)32/h9-14,17-20,29-32,38H,15-16,22H2,1-8H3,(H,41,44)/b14-11+/t29-,30-,31-,32-,38+/m0/s1. The molecule has 3 aliphatic heterocycles. The smallest absolute Gasteiger partial charge is 0.244 e. The fraction of sp³-hybridized carbons (Fsp3) is 0.436. The molecule has 1 saturated heterocycles.